The second-order valence-electron chi connectivity index (χ2n) is 13.7. The topological polar surface area (TPSA) is 35.1 Å². The lowest BCUT2D eigenvalue weighted by atomic mass is 9.82. The van der Waals surface area contributed by atoms with Gasteiger partial charge in [-0.05, 0) is 93.0 Å². The van der Waals surface area contributed by atoms with E-state index in [2.05, 4.69) is 122 Å². The van der Waals surface area contributed by atoms with Gasteiger partial charge < -0.3 is 8.98 Å². The smallest absolute Gasteiger partial charge is 0.200 e. The molecule has 0 saturated carbocycles. The molecule has 0 N–H and O–H groups in total. The molecule has 2 aromatic heterocycles. The van der Waals surface area contributed by atoms with Crippen molar-refractivity contribution < 1.29 is 4.42 Å². The molecule has 232 valence electrons. The molecule has 3 nitrogen and oxygen atoms in total. The summed E-state index contributed by atoms with van der Waals surface area (Å²) in [6.07, 6.45) is 0. The van der Waals surface area contributed by atoms with Crippen molar-refractivity contribution in [1.29, 1.82) is 0 Å². The van der Waals surface area contributed by atoms with Gasteiger partial charge in [0.15, 0.2) is 0 Å². The van der Waals surface area contributed by atoms with E-state index in [4.69, 9.17) is 4.42 Å². The summed E-state index contributed by atoms with van der Waals surface area (Å²) < 4.78 is 8.83. The number of para-hydroxylation sites is 1. The summed E-state index contributed by atoms with van der Waals surface area (Å²) in [5.41, 5.74) is 13.9. The zero-order chi connectivity index (χ0) is 32.9. The van der Waals surface area contributed by atoms with E-state index in [9.17, 15) is 4.79 Å². The van der Waals surface area contributed by atoms with Crippen LogP contribution in [-0.2, 0) is 5.41 Å². The van der Waals surface area contributed by atoms with Gasteiger partial charge >= 0.3 is 0 Å². The Balaban J connectivity index is 1.13. The Labute approximate surface area is 283 Å². The van der Waals surface area contributed by atoms with Crippen molar-refractivity contribution in [2.75, 3.05) is 0 Å². The summed E-state index contributed by atoms with van der Waals surface area (Å²) in [4.78, 5) is 14.0. The van der Waals surface area contributed by atoms with E-state index < -0.39 is 0 Å². The first-order valence-electron chi connectivity index (χ1n) is 16.8. The highest BCUT2D eigenvalue weighted by molar-refractivity contribution is 6.12. The highest BCUT2D eigenvalue weighted by Crippen LogP contribution is 2.51. The fraction of sp³-hybridized carbons (Fsp3) is 0.0652. The standard InChI is InChI=1S/C46H31NO2/c1-46(2)39-17-8-6-15-33(39)36-26-37-34-16-7-9-18-41(34)47(42(37)27-40(36)46)32-20-21-35-44(25-32)49-43-22-19-31(24-38(43)45(35)48)30-14-10-13-29(23-30)28-11-4-3-5-12-28/h3-27H,1-2H3. The number of benzene rings is 7. The van der Waals surface area contributed by atoms with Crippen LogP contribution >= 0.6 is 0 Å². The van der Waals surface area contributed by atoms with Gasteiger partial charge in [0, 0.05) is 27.9 Å². The van der Waals surface area contributed by atoms with Crippen molar-refractivity contribution in [3.05, 3.63) is 173 Å². The predicted molar refractivity (Wildman–Crippen MR) is 203 cm³/mol. The van der Waals surface area contributed by atoms with Crippen molar-refractivity contribution in [1.82, 2.24) is 4.57 Å². The largest absolute Gasteiger partial charge is 0.456 e. The van der Waals surface area contributed by atoms with Crippen LogP contribution in [0.15, 0.2) is 161 Å². The molecule has 3 heteroatoms. The molecule has 0 fully saturated rings. The minimum Gasteiger partial charge on any atom is -0.456 e. The van der Waals surface area contributed by atoms with E-state index in [0.29, 0.717) is 21.9 Å². The van der Waals surface area contributed by atoms with E-state index >= 15 is 0 Å². The average molecular weight is 630 g/mol. The molecule has 0 bridgehead atoms. The van der Waals surface area contributed by atoms with Crippen molar-refractivity contribution >= 4 is 43.7 Å². The zero-order valence-corrected chi connectivity index (χ0v) is 27.2. The Morgan fingerprint density at radius 1 is 0.469 bits per heavy atom. The van der Waals surface area contributed by atoms with Gasteiger partial charge in [0.25, 0.3) is 0 Å². The van der Waals surface area contributed by atoms with Gasteiger partial charge in [-0.25, -0.2) is 0 Å². The van der Waals surface area contributed by atoms with E-state index in [-0.39, 0.29) is 10.8 Å². The third-order valence-corrected chi connectivity index (χ3v) is 10.6. The first kappa shape index (κ1) is 27.9. The highest BCUT2D eigenvalue weighted by atomic mass is 16.3. The van der Waals surface area contributed by atoms with Crippen molar-refractivity contribution in [3.8, 4) is 39.1 Å². The third kappa shape index (κ3) is 4.06. The minimum absolute atomic E-state index is 0.0246. The molecule has 2 heterocycles. The van der Waals surface area contributed by atoms with Crippen molar-refractivity contribution in [3.63, 3.8) is 0 Å². The second kappa shape index (κ2) is 10.2. The molecule has 49 heavy (non-hydrogen) atoms. The lowest BCUT2D eigenvalue weighted by molar-refractivity contribution is 0.659. The van der Waals surface area contributed by atoms with Gasteiger partial charge in [0.1, 0.15) is 11.2 Å². The lowest BCUT2D eigenvalue weighted by Crippen LogP contribution is -2.15. The van der Waals surface area contributed by atoms with E-state index in [1.54, 1.807) is 0 Å². The number of fused-ring (bicyclic) bond motifs is 8. The Morgan fingerprint density at radius 3 is 2.08 bits per heavy atom. The van der Waals surface area contributed by atoms with Crippen LogP contribution < -0.4 is 5.43 Å². The quantitative estimate of drug-likeness (QED) is 0.182. The maximum absolute atomic E-state index is 14.0. The minimum atomic E-state index is -0.113. The van der Waals surface area contributed by atoms with Gasteiger partial charge in [-0.3, -0.25) is 4.79 Å². The molecule has 10 rings (SSSR count). The molecule has 1 aliphatic carbocycles. The molecule has 0 amide bonds. The molecule has 9 aromatic rings. The maximum Gasteiger partial charge on any atom is 0.200 e. The van der Waals surface area contributed by atoms with E-state index in [1.165, 1.54) is 33.0 Å². The van der Waals surface area contributed by atoms with Crippen LogP contribution in [0.25, 0.3) is 82.8 Å². The summed E-state index contributed by atoms with van der Waals surface area (Å²) >= 11 is 0. The molecule has 1 aliphatic rings. The number of rotatable bonds is 3. The summed E-state index contributed by atoms with van der Waals surface area (Å²) in [6, 6.07) is 52.8. The monoisotopic (exact) mass is 629 g/mol. The first-order valence-corrected chi connectivity index (χ1v) is 16.8. The van der Waals surface area contributed by atoms with Gasteiger partial charge in [-0.2, -0.15) is 0 Å². The Hall–Kier alpha value is -6.19. The molecule has 0 radical (unpaired) electrons. The molecular formula is C46H31NO2. The van der Waals surface area contributed by atoms with Crippen molar-refractivity contribution in [2.45, 2.75) is 19.3 Å². The normalized spacial score (nSPS) is 13.3. The Bertz CT molecular complexity index is 2870. The van der Waals surface area contributed by atoms with Crippen LogP contribution in [0.5, 0.6) is 0 Å². The summed E-state index contributed by atoms with van der Waals surface area (Å²) in [5, 5.41) is 3.57. The molecule has 0 saturated heterocycles. The first-order chi connectivity index (χ1) is 24.0. The summed E-state index contributed by atoms with van der Waals surface area (Å²) in [7, 11) is 0. The van der Waals surface area contributed by atoms with E-state index in [0.717, 1.165) is 39.0 Å². The SMILES string of the molecule is CC1(C)c2ccccc2-c2cc3c4ccccc4n(-c4ccc5c(=O)c6cc(-c7cccc(-c8ccccc8)c7)ccc6oc5c4)c3cc21. The summed E-state index contributed by atoms with van der Waals surface area (Å²) in [5.74, 6) is 0. The lowest BCUT2D eigenvalue weighted by Gasteiger charge is -2.21. The average Bonchev–Trinajstić information content (AvgIpc) is 3.59. The van der Waals surface area contributed by atoms with Crippen LogP contribution in [0.1, 0.15) is 25.0 Å². The third-order valence-electron chi connectivity index (χ3n) is 10.6. The number of hydrogen-bond acceptors (Lipinski definition) is 2. The molecule has 0 unspecified atom stereocenters. The molecule has 0 aliphatic heterocycles. The van der Waals surface area contributed by atoms with Crippen molar-refractivity contribution in [2.24, 2.45) is 0 Å². The highest BCUT2D eigenvalue weighted by Gasteiger charge is 2.36. The Morgan fingerprint density at radius 2 is 1.20 bits per heavy atom. The molecule has 7 aromatic carbocycles. The maximum atomic E-state index is 14.0. The summed E-state index contributed by atoms with van der Waals surface area (Å²) in [6.45, 7) is 4.63. The number of hydrogen-bond donors (Lipinski definition) is 0. The van der Waals surface area contributed by atoms with Crippen LogP contribution in [0.3, 0.4) is 0 Å². The van der Waals surface area contributed by atoms with Crippen LogP contribution in [-0.4, -0.2) is 4.57 Å². The van der Waals surface area contributed by atoms with Gasteiger partial charge in [0.2, 0.25) is 5.43 Å². The van der Waals surface area contributed by atoms with Crippen LogP contribution in [0, 0.1) is 0 Å². The number of nitrogens with zero attached hydrogens (tertiary/aromatic N) is 1. The molecule has 0 spiro atoms. The van der Waals surface area contributed by atoms with Crippen LogP contribution in [0.4, 0.5) is 0 Å². The fourth-order valence-corrected chi connectivity index (χ4v) is 8.11. The fourth-order valence-electron chi connectivity index (χ4n) is 8.11. The molecule has 0 atom stereocenters. The zero-order valence-electron chi connectivity index (χ0n) is 27.2. The van der Waals surface area contributed by atoms with Gasteiger partial charge in [-0.1, -0.05) is 111 Å². The van der Waals surface area contributed by atoms with Crippen LogP contribution in [0.2, 0.25) is 0 Å². The molecular weight excluding hydrogens is 599 g/mol. The van der Waals surface area contributed by atoms with Gasteiger partial charge in [-0.15, -0.1) is 0 Å². The van der Waals surface area contributed by atoms with Gasteiger partial charge in [0.05, 0.1) is 21.8 Å². The second-order valence-corrected chi connectivity index (χ2v) is 13.7. The van der Waals surface area contributed by atoms with E-state index in [1.807, 2.05) is 48.5 Å². The Kier molecular flexibility index (Phi) is 5.78. The predicted octanol–water partition coefficient (Wildman–Crippen LogP) is 11.7. The number of aromatic nitrogens is 1.